The summed E-state index contributed by atoms with van der Waals surface area (Å²) in [6.45, 7) is 5.86. The van der Waals surface area contributed by atoms with Gasteiger partial charge < -0.3 is 0 Å². The number of benzene rings is 2. The van der Waals surface area contributed by atoms with Crippen LogP contribution >= 0.6 is 0 Å². The van der Waals surface area contributed by atoms with Gasteiger partial charge in [0.05, 0.1) is 4.90 Å². The Hall–Kier alpha value is -2.66. The van der Waals surface area contributed by atoms with Gasteiger partial charge in [-0.3, -0.25) is 4.72 Å². The van der Waals surface area contributed by atoms with Gasteiger partial charge in [-0.25, -0.2) is 13.4 Å². The first-order chi connectivity index (χ1) is 12.4. The average molecular weight is 366 g/mol. The second-order valence-corrected chi connectivity index (χ2v) is 7.98. The number of sulfonamides is 1. The summed E-state index contributed by atoms with van der Waals surface area (Å²) >= 11 is 0. The summed E-state index contributed by atoms with van der Waals surface area (Å²) in [5, 5.41) is 0. The Bertz CT molecular complexity index is 1030. The zero-order valence-corrected chi connectivity index (χ0v) is 16.0. The predicted molar refractivity (Wildman–Crippen MR) is 106 cm³/mol. The van der Waals surface area contributed by atoms with Crippen LogP contribution in [-0.4, -0.2) is 13.4 Å². The molecule has 3 rings (SSSR count). The van der Waals surface area contributed by atoms with Gasteiger partial charge in [0.1, 0.15) is 5.82 Å². The zero-order chi connectivity index (χ0) is 18.7. The Morgan fingerprint density at radius 2 is 1.69 bits per heavy atom. The molecular formula is C21H22N2O2S. The quantitative estimate of drug-likeness (QED) is 0.710. The van der Waals surface area contributed by atoms with Gasteiger partial charge in [-0.2, -0.15) is 0 Å². The number of hydrogen-bond acceptors (Lipinski definition) is 3. The molecule has 134 valence electrons. The number of aryl methyl sites for hydroxylation is 3. The first-order valence-corrected chi connectivity index (χ1v) is 10.0. The fourth-order valence-electron chi connectivity index (χ4n) is 2.84. The van der Waals surface area contributed by atoms with Gasteiger partial charge in [0.2, 0.25) is 0 Å². The van der Waals surface area contributed by atoms with Crippen LogP contribution in [0.2, 0.25) is 0 Å². The summed E-state index contributed by atoms with van der Waals surface area (Å²) in [6.07, 6.45) is 0.995. The molecule has 0 amide bonds. The highest BCUT2D eigenvalue weighted by molar-refractivity contribution is 7.92. The fourth-order valence-corrected chi connectivity index (χ4v) is 3.93. The molecule has 0 aliphatic heterocycles. The van der Waals surface area contributed by atoms with Crippen LogP contribution in [0.3, 0.4) is 0 Å². The van der Waals surface area contributed by atoms with Crippen LogP contribution in [0.25, 0.3) is 11.1 Å². The van der Waals surface area contributed by atoms with E-state index in [1.54, 1.807) is 24.3 Å². The third-order valence-corrected chi connectivity index (χ3v) is 5.66. The molecule has 0 aliphatic rings. The summed E-state index contributed by atoms with van der Waals surface area (Å²) in [7, 11) is -3.67. The van der Waals surface area contributed by atoms with E-state index < -0.39 is 10.0 Å². The predicted octanol–water partition coefficient (Wildman–Crippen LogP) is 4.73. The molecule has 0 bridgehead atoms. The van der Waals surface area contributed by atoms with Crippen molar-refractivity contribution < 1.29 is 8.42 Å². The lowest BCUT2D eigenvalue weighted by atomic mass is 9.99. The van der Waals surface area contributed by atoms with Crippen LogP contribution in [-0.2, 0) is 16.4 Å². The minimum absolute atomic E-state index is 0.229. The molecule has 0 saturated heterocycles. The fraction of sp³-hybridized carbons (Fsp3) is 0.190. The molecule has 1 N–H and O–H groups in total. The van der Waals surface area contributed by atoms with Crippen LogP contribution < -0.4 is 4.72 Å². The summed E-state index contributed by atoms with van der Waals surface area (Å²) in [5.41, 5.74) is 5.05. The van der Waals surface area contributed by atoms with Gasteiger partial charge in [0.15, 0.2) is 0 Å². The van der Waals surface area contributed by atoms with Crippen molar-refractivity contribution >= 4 is 15.8 Å². The second-order valence-electron chi connectivity index (χ2n) is 6.30. The lowest BCUT2D eigenvalue weighted by Crippen LogP contribution is -2.14. The Kier molecular flexibility index (Phi) is 5.09. The number of pyridine rings is 1. The molecule has 0 aliphatic carbocycles. The number of nitrogens with one attached hydrogen (secondary N) is 1. The van der Waals surface area contributed by atoms with Crippen molar-refractivity contribution in [2.24, 2.45) is 0 Å². The van der Waals surface area contributed by atoms with Gasteiger partial charge in [-0.15, -0.1) is 0 Å². The first kappa shape index (κ1) is 18.1. The molecule has 1 aromatic heterocycles. The van der Waals surface area contributed by atoms with Crippen LogP contribution in [0.5, 0.6) is 0 Å². The molecule has 5 heteroatoms. The van der Waals surface area contributed by atoms with E-state index in [9.17, 15) is 8.42 Å². The van der Waals surface area contributed by atoms with E-state index in [4.69, 9.17) is 0 Å². The minimum Gasteiger partial charge on any atom is -0.263 e. The molecule has 0 unspecified atom stereocenters. The van der Waals surface area contributed by atoms with Gasteiger partial charge in [-0.05, 0) is 66.8 Å². The molecule has 2 aromatic carbocycles. The highest BCUT2D eigenvalue weighted by Crippen LogP contribution is 2.27. The number of aromatic nitrogens is 1. The Morgan fingerprint density at radius 3 is 2.31 bits per heavy atom. The maximum absolute atomic E-state index is 12.6. The van der Waals surface area contributed by atoms with Crippen LogP contribution in [0.15, 0.2) is 65.6 Å². The van der Waals surface area contributed by atoms with E-state index in [1.165, 1.54) is 5.56 Å². The van der Waals surface area contributed by atoms with Crippen molar-refractivity contribution in [3.8, 4) is 11.1 Å². The topological polar surface area (TPSA) is 59.1 Å². The van der Waals surface area contributed by atoms with E-state index in [0.29, 0.717) is 5.82 Å². The second kappa shape index (κ2) is 7.30. The van der Waals surface area contributed by atoms with Gasteiger partial charge in [0.25, 0.3) is 10.0 Å². The average Bonchev–Trinajstić information content (AvgIpc) is 2.61. The van der Waals surface area contributed by atoms with Crippen molar-refractivity contribution in [2.75, 3.05) is 4.72 Å². The molecule has 4 nitrogen and oxygen atoms in total. The molecular weight excluding hydrogens is 344 g/mol. The Morgan fingerprint density at radius 1 is 0.962 bits per heavy atom. The molecule has 3 aromatic rings. The summed E-state index contributed by atoms with van der Waals surface area (Å²) in [6, 6.07) is 18.8. The molecule has 0 radical (unpaired) electrons. The zero-order valence-electron chi connectivity index (χ0n) is 15.2. The van der Waals surface area contributed by atoms with Crippen molar-refractivity contribution in [1.29, 1.82) is 0 Å². The highest BCUT2D eigenvalue weighted by Gasteiger charge is 2.16. The van der Waals surface area contributed by atoms with E-state index in [-0.39, 0.29) is 4.90 Å². The Labute approximate surface area is 155 Å². The van der Waals surface area contributed by atoms with Crippen LogP contribution in [0.1, 0.15) is 23.7 Å². The standard InChI is InChI=1S/C21H22N2O2S/c1-4-17-8-10-18(11-9-17)20-13-12-19(14-15(20)2)26(24,25)23-21-7-5-6-16(3)22-21/h5-14H,4H2,1-3H3,(H,22,23). The van der Waals surface area contributed by atoms with Crippen molar-refractivity contribution in [3.05, 3.63) is 77.5 Å². The lowest BCUT2D eigenvalue weighted by molar-refractivity contribution is 0.601. The largest absolute Gasteiger partial charge is 0.263 e. The van der Waals surface area contributed by atoms with Crippen LogP contribution in [0, 0.1) is 13.8 Å². The third-order valence-electron chi connectivity index (χ3n) is 4.31. The van der Waals surface area contributed by atoms with Crippen LogP contribution in [0.4, 0.5) is 5.82 Å². The molecule has 0 saturated carbocycles. The Balaban J connectivity index is 1.90. The summed E-state index contributed by atoms with van der Waals surface area (Å²) in [4.78, 5) is 4.43. The molecule has 26 heavy (non-hydrogen) atoms. The van der Waals surface area contributed by atoms with Crippen molar-refractivity contribution in [2.45, 2.75) is 32.1 Å². The van der Waals surface area contributed by atoms with Gasteiger partial charge in [-0.1, -0.05) is 43.3 Å². The normalized spacial score (nSPS) is 11.3. The van der Waals surface area contributed by atoms with E-state index in [2.05, 4.69) is 40.9 Å². The van der Waals surface area contributed by atoms with Crippen molar-refractivity contribution in [1.82, 2.24) is 4.98 Å². The molecule has 0 atom stereocenters. The first-order valence-electron chi connectivity index (χ1n) is 8.55. The monoisotopic (exact) mass is 366 g/mol. The van der Waals surface area contributed by atoms with E-state index >= 15 is 0 Å². The van der Waals surface area contributed by atoms with E-state index in [1.807, 2.05) is 26.0 Å². The summed E-state index contributed by atoms with van der Waals surface area (Å²) in [5.74, 6) is 0.321. The smallest absolute Gasteiger partial charge is 0.263 e. The maximum atomic E-state index is 12.6. The highest BCUT2D eigenvalue weighted by atomic mass is 32.2. The lowest BCUT2D eigenvalue weighted by Gasteiger charge is -2.11. The molecule has 0 spiro atoms. The van der Waals surface area contributed by atoms with Crippen molar-refractivity contribution in [3.63, 3.8) is 0 Å². The number of anilines is 1. The molecule has 1 heterocycles. The third kappa shape index (κ3) is 3.94. The van der Waals surface area contributed by atoms with Gasteiger partial charge >= 0.3 is 0 Å². The number of hydrogen-bond donors (Lipinski definition) is 1. The summed E-state index contributed by atoms with van der Waals surface area (Å²) < 4.78 is 27.8. The molecule has 0 fully saturated rings. The SMILES string of the molecule is CCc1ccc(-c2ccc(S(=O)(=O)Nc3cccc(C)n3)cc2C)cc1. The number of nitrogens with zero attached hydrogens (tertiary/aromatic N) is 1. The number of rotatable bonds is 5. The van der Waals surface area contributed by atoms with E-state index in [0.717, 1.165) is 28.8 Å². The maximum Gasteiger partial charge on any atom is 0.263 e. The minimum atomic E-state index is -3.67. The van der Waals surface area contributed by atoms with Gasteiger partial charge in [0, 0.05) is 5.69 Å².